The van der Waals surface area contributed by atoms with Crippen LogP contribution in [0.1, 0.15) is 0 Å². The maximum Gasteiger partial charge on any atom is 0.160 e. The number of rotatable bonds is 5. The molecule has 4 nitrogen and oxygen atoms in total. The summed E-state index contributed by atoms with van der Waals surface area (Å²) in [6, 6.07) is 50.4. The molecule has 0 radical (unpaired) electrons. The number of hydrogen-bond donors (Lipinski definition) is 0. The molecule has 0 amide bonds. The quantitative estimate of drug-likeness (QED) is 0.193. The van der Waals surface area contributed by atoms with Crippen LogP contribution in [-0.4, -0.2) is 19.9 Å². The SMILES string of the molecule is c1ccc(-c2cc(-c3ccccc3)nc(-c3cccc(-c4cccc5c4sc4ccnc(-c6nccc7ccccc67)c45)c3)n2)cc1. The summed E-state index contributed by atoms with van der Waals surface area (Å²) in [6.07, 6.45) is 3.78. The summed E-state index contributed by atoms with van der Waals surface area (Å²) in [5.41, 5.74) is 8.99. The van der Waals surface area contributed by atoms with Crippen molar-refractivity contribution in [3.63, 3.8) is 0 Å². The van der Waals surface area contributed by atoms with E-state index < -0.39 is 0 Å². The van der Waals surface area contributed by atoms with E-state index >= 15 is 0 Å². The molecule has 0 saturated carbocycles. The van der Waals surface area contributed by atoms with Gasteiger partial charge in [0.2, 0.25) is 0 Å². The molecule has 0 N–H and O–H groups in total. The Bertz CT molecular complexity index is 2510. The van der Waals surface area contributed by atoms with Crippen LogP contribution in [0.2, 0.25) is 0 Å². The summed E-state index contributed by atoms with van der Waals surface area (Å²) in [6.45, 7) is 0. The van der Waals surface area contributed by atoms with Gasteiger partial charge in [0.15, 0.2) is 5.82 Å². The van der Waals surface area contributed by atoms with E-state index in [2.05, 4.69) is 109 Å². The number of pyridine rings is 2. The Morgan fingerprint density at radius 2 is 1.06 bits per heavy atom. The van der Waals surface area contributed by atoms with E-state index in [0.717, 1.165) is 61.2 Å². The summed E-state index contributed by atoms with van der Waals surface area (Å²) in [4.78, 5) is 19.9. The second-order valence-electron chi connectivity index (χ2n) is 11.5. The fourth-order valence-electron chi connectivity index (χ4n) is 6.37. The molecule has 9 aromatic rings. The van der Waals surface area contributed by atoms with Crippen LogP contribution in [0.4, 0.5) is 0 Å². The Morgan fingerprint density at radius 1 is 0.447 bits per heavy atom. The first-order valence-electron chi connectivity index (χ1n) is 15.6. The maximum atomic E-state index is 5.08. The van der Waals surface area contributed by atoms with Crippen LogP contribution in [-0.2, 0) is 0 Å². The smallest absolute Gasteiger partial charge is 0.160 e. The lowest BCUT2D eigenvalue weighted by Crippen LogP contribution is -1.96. The van der Waals surface area contributed by atoms with Crippen molar-refractivity contribution in [3.05, 3.63) is 158 Å². The molecule has 0 aliphatic rings. The lowest BCUT2D eigenvalue weighted by atomic mass is 9.99. The topological polar surface area (TPSA) is 51.6 Å². The second kappa shape index (κ2) is 11.4. The largest absolute Gasteiger partial charge is 0.254 e. The molecule has 0 bridgehead atoms. The predicted molar refractivity (Wildman–Crippen MR) is 195 cm³/mol. The highest BCUT2D eigenvalue weighted by atomic mass is 32.1. The number of fused-ring (bicyclic) bond motifs is 4. The summed E-state index contributed by atoms with van der Waals surface area (Å²) in [5, 5.41) is 4.58. The first-order valence-corrected chi connectivity index (χ1v) is 16.4. The van der Waals surface area contributed by atoms with Crippen LogP contribution < -0.4 is 0 Å². The van der Waals surface area contributed by atoms with E-state index in [1.165, 1.54) is 20.3 Å². The van der Waals surface area contributed by atoms with Crippen molar-refractivity contribution in [2.24, 2.45) is 0 Å². The van der Waals surface area contributed by atoms with Crippen molar-refractivity contribution in [2.75, 3.05) is 0 Å². The molecule has 0 unspecified atom stereocenters. The van der Waals surface area contributed by atoms with Gasteiger partial charge in [0.1, 0.15) is 0 Å². The van der Waals surface area contributed by atoms with Gasteiger partial charge < -0.3 is 0 Å². The molecule has 0 aliphatic carbocycles. The summed E-state index contributed by atoms with van der Waals surface area (Å²) in [7, 11) is 0. The average Bonchev–Trinajstić information content (AvgIpc) is 3.55. The zero-order chi connectivity index (χ0) is 31.2. The molecule has 0 spiro atoms. The van der Waals surface area contributed by atoms with Crippen LogP contribution >= 0.6 is 11.3 Å². The standard InChI is InChI=1S/C42H26N4S/c1-3-12-28(13-4-1)35-26-36(29-14-5-2-6-15-29)46-42(45-35)31-17-9-16-30(25-31)33-19-10-20-34-38-37(47-41(33)34)22-24-44-40(38)39-32-18-8-7-11-27(32)21-23-43-39/h1-26H. The van der Waals surface area contributed by atoms with E-state index in [1.807, 2.05) is 48.8 Å². The highest BCUT2D eigenvalue weighted by Crippen LogP contribution is 2.44. The van der Waals surface area contributed by atoms with Crippen LogP contribution in [0.25, 0.3) is 87.4 Å². The van der Waals surface area contributed by atoms with Gasteiger partial charge in [-0.05, 0) is 40.8 Å². The van der Waals surface area contributed by atoms with Crippen LogP contribution in [0.15, 0.2) is 158 Å². The minimum absolute atomic E-state index is 0.698. The lowest BCUT2D eigenvalue weighted by molar-refractivity contribution is 1.18. The number of benzene rings is 5. The zero-order valence-electron chi connectivity index (χ0n) is 25.2. The van der Waals surface area contributed by atoms with Gasteiger partial charge in [0.25, 0.3) is 0 Å². The molecule has 9 rings (SSSR count). The van der Waals surface area contributed by atoms with E-state index in [4.69, 9.17) is 19.9 Å². The van der Waals surface area contributed by atoms with Crippen molar-refractivity contribution in [1.29, 1.82) is 0 Å². The van der Waals surface area contributed by atoms with Gasteiger partial charge in [-0.2, -0.15) is 0 Å². The fraction of sp³-hybridized carbons (Fsp3) is 0. The molecular weight excluding hydrogens is 593 g/mol. The maximum absolute atomic E-state index is 5.08. The molecule has 0 saturated heterocycles. The first kappa shape index (κ1) is 27.3. The molecule has 4 heterocycles. The zero-order valence-corrected chi connectivity index (χ0v) is 26.0. The van der Waals surface area contributed by atoms with Crippen molar-refractivity contribution in [1.82, 2.24) is 19.9 Å². The van der Waals surface area contributed by atoms with Gasteiger partial charge in [0.05, 0.1) is 22.8 Å². The van der Waals surface area contributed by atoms with E-state index in [1.54, 1.807) is 11.3 Å². The number of hydrogen-bond acceptors (Lipinski definition) is 5. The minimum Gasteiger partial charge on any atom is -0.254 e. The van der Waals surface area contributed by atoms with Gasteiger partial charge in [-0.15, -0.1) is 11.3 Å². The number of thiophene rings is 1. The third-order valence-electron chi connectivity index (χ3n) is 8.60. The highest BCUT2D eigenvalue weighted by molar-refractivity contribution is 7.26. The minimum atomic E-state index is 0.698. The van der Waals surface area contributed by atoms with Gasteiger partial charge in [0, 0.05) is 54.6 Å². The van der Waals surface area contributed by atoms with Gasteiger partial charge in [-0.3, -0.25) is 9.97 Å². The number of nitrogens with zero attached hydrogens (tertiary/aromatic N) is 4. The van der Waals surface area contributed by atoms with E-state index in [9.17, 15) is 0 Å². The van der Waals surface area contributed by atoms with Crippen molar-refractivity contribution in [2.45, 2.75) is 0 Å². The monoisotopic (exact) mass is 618 g/mol. The van der Waals surface area contributed by atoms with Crippen molar-refractivity contribution in [3.8, 4) is 56.4 Å². The average molecular weight is 619 g/mol. The second-order valence-corrected chi connectivity index (χ2v) is 12.5. The fourth-order valence-corrected chi connectivity index (χ4v) is 7.61. The Hall–Kier alpha value is -6.04. The van der Waals surface area contributed by atoms with Crippen molar-refractivity contribution >= 4 is 42.3 Å². The van der Waals surface area contributed by atoms with Gasteiger partial charge in [-0.1, -0.05) is 121 Å². The molecule has 220 valence electrons. The first-order chi connectivity index (χ1) is 23.3. The lowest BCUT2D eigenvalue weighted by Gasteiger charge is -2.11. The molecular formula is C42H26N4S. The van der Waals surface area contributed by atoms with Crippen LogP contribution in [0.3, 0.4) is 0 Å². The van der Waals surface area contributed by atoms with E-state index in [0.29, 0.717) is 5.82 Å². The molecule has 5 heteroatoms. The molecule has 0 fully saturated rings. The Kier molecular flexibility index (Phi) is 6.61. The van der Waals surface area contributed by atoms with Gasteiger partial charge in [-0.25, -0.2) is 9.97 Å². The summed E-state index contributed by atoms with van der Waals surface area (Å²) >= 11 is 1.80. The molecule has 0 aliphatic heterocycles. The molecule has 5 aromatic carbocycles. The molecule has 0 atom stereocenters. The van der Waals surface area contributed by atoms with E-state index in [-0.39, 0.29) is 0 Å². The normalized spacial score (nSPS) is 11.4. The molecule has 47 heavy (non-hydrogen) atoms. The van der Waals surface area contributed by atoms with Crippen LogP contribution in [0, 0.1) is 0 Å². The predicted octanol–water partition coefficient (Wildman–Crippen LogP) is 11.1. The highest BCUT2D eigenvalue weighted by Gasteiger charge is 2.18. The molecule has 4 aromatic heterocycles. The summed E-state index contributed by atoms with van der Waals surface area (Å²) in [5.74, 6) is 0.698. The van der Waals surface area contributed by atoms with Crippen LogP contribution in [0.5, 0.6) is 0 Å². The van der Waals surface area contributed by atoms with Crippen molar-refractivity contribution < 1.29 is 0 Å². The Balaban J connectivity index is 1.21. The summed E-state index contributed by atoms with van der Waals surface area (Å²) < 4.78 is 2.41. The third kappa shape index (κ3) is 4.85. The Morgan fingerprint density at radius 3 is 1.85 bits per heavy atom. The third-order valence-corrected chi connectivity index (χ3v) is 9.81. The Labute approximate surface area is 275 Å². The van der Waals surface area contributed by atoms with Gasteiger partial charge >= 0.3 is 0 Å². The number of aromatic nitrogens is 4.